The number of likely N-dealkylation sites (N-methyl/N-ethyl adjacent to an activating group) is 1. The summed E-state index contributed by atoms with van der Waals surface area (Å²) in [6, 6.07) is 5.24. The molecule has 0 bridgehead atoms. The average molecular weight is 329 g/mol. The van der Waals surface area contributed by atoms with Gasteiger partial charge in [-0.2, -0.15) is 0 Å². The molecule has 1 aromatic rings. The van der Waals surface area contributed by atoms with Gasteiger partial charge in [0.1, 0.15) is 5.82 Å². The number of hydrogen-bond acceptors (Lipinski definition) is 3. The van der Waals surface area contributed by atoms with Gasteiger partial charge >= 0.3 is 5.97 Å². The van der Waals surface area contributed by atoms with E-state index >= 15 is 0 Å². The molecule has 6 heteroatoms. The van der Waals surface area contributed by atoms with Crippen molar-refractivity contribution < 1.29 is 14.3 Å². The highest BCUT2D eigenvalue weighted by Crippen LogP contribution is 2.20. The number of likely N-dealkylation sites (tertiary alicyclic amines) is 1. The van der Waals surface area contributed by atoms with Gasteiger partial charge in [0.15, 0.2) is 0 Å². The molecule has 1 aliphatic rings. The fraction of sp³-hybridized carbons (Fsp3) is 0.562. The van der Waals surface area contributed by atoms with Crippen LogP contribution in [0.25, 0.3) is 0 Å². The molecule has 122 valence electrons. The van der Waals surface area contributed by atoms with Crippen LogP contribution in [0.3, 0.4) is 0 Å². The van der Waals surface area contributed by atoms with Gasteiger partial charge in [0.2, 0.25) is 0 Å². The van der Waals surface area contributed by atoms with Crippen LogP contribution in [0.4, 0.5) is 4.39 Å². The molecule has 4 nitrogen and oxygen atoms in total. The predicted octanol–water partition coefficient (Wildman–Crippen LogP) is 2.85. The summed E-state index contributed by atoms with van der Waals surface area (Å²) < 4.78 is 13.5. The van der Waals surface area contributed by atoms with Crippen LogP contribution in [0.15, 0.2) is 18.2 Å². The summed E-state index contributed by atoms with van der Waals surface area (Å²) in [5.41, 5.74) is 0.915. The van der Waals surface area contributed by atoms with Gasteiger partial charge in [0.05, 0.1) is 11.6 Å². The Morgan fingerprint density at radius 2 is 2.14 bits per heavy atom. The Morgan fingerprint density at radius 1 is 1.45 bits per heavy atom. The number of carboxylic acids is 1. The van der Waals surface area contributed by atoms with Crippen molar-refractivity contribution in [2.24, 2.45) is 0 Å². The van der Waals surface area contributed by atoms with Gasteiger partial charge < -0.3 is 5.11 Å². The first-order valence-electron chi connectivity index (χ1n) is 7.61. The van der Waals surface area contributed by atoms with E-state index in [1.807, 2.05) is 17.9 Å². The lowest BCUT2D eigenvalue weighted by Gasteiger charge is -2.37. The topological polar surface area (TPSA) is 43.8 Å². The minimum absolute atomic E-state index is 0.101. The zero-order valence-corrected chi connectivity index (χ0v) is 13.5. The number of rotatable bonds is 6. The van der Waals surface area contributed by atoms with Gasteiger partial charge in [-0.1, -0.05) is 24.6 Å². The highest BCUT2D eigenvalue weighted by atomic mass is 35.5. The van der Waals surface area contributed by atoms with Crippen LogP contribution >= 0.6 is 11.6 Å². The normalized spacial score (nSPS) is 17.1. The molecule has 1 fully saturated rings. The number of carbonyl (C=O) groups is 1. The van der Waals surface area contributed by atoms with Crippen LogP contribution in [-0.4, -0.2) is 53.1 Å². The van der Waals surface area contributed by atoms with E-state index in [1.54, 1.807) is 6.07 Å². The number of benzene rings is 1. The van der Waals surface area contributed by atoms with E-state index in [9.17, 15) is 9.18 Å². The van der Waals surface area contributed by atoms with E-state index < -0.39 is 5.97 Å². The third-order valence-electron chi connectivity index (χ3n) is 4.21. The summed E-state index contributed by atoms with van der Waals surface area (Å²) in [5.74, 6) is -1.16. The maximum atomic E-state index is 13.5. The van der Waals surface area contributed by atoms with Crippen molar-refractivity contribution in [2.75, 3.05) is 26.2 Å². The van der Waals surface area contributed by atoms with Gasteiger partial charge in [0.25, 0.3) is 0 Å². The maximum absolute atomic E-state index is 13.5. The van der Waals surface area contributed by atoms with Crippen molar-refractivity contribution in [2.45, 2.75) is 32.4 Å². The summed E-state index contributed by atoms with van der Waals surface area (Å²) in [6.45, 7) is 5.33. The Morgan fingerprint density at radius 3 is 2.68 bits per heavy atom. The number of carboxylic acid groups (broad SMARTS) is 1. The van der Waals surface area contributed by atoms with Gasteiger partial charge in [-0.3, -0.25) is 14.6 Å². The van der Waals surface area contributed by atoms with Gasteiger partial charge in [-0.25, -0.2) is 4.39 Å². The van der Waals surface area contributed by atoms with E-state index in [4.69, 9.17) is 16.7 Å². The zero-order valence-electron chi connectivity index (χ0n) is 12.8. The predicted molar refractivity (Wildman–Crippen MR) is 84.6 cm³/mol. The quantitative estimate of drug-likeness (QED) is 0.872. The largest absolute Gasteiger partial charge is 0.480 e. The molecule has 2 rings (SSSR count). The third-order valence-corrected chi connectivity index (χ3v) is 4.51. The van der Waals surface area contributed by atoms with Crippen molar-refractivity contribution >= 4 is 17.6 Å². The van der Waals surface area contributed by atoms with Crippen LogP contribution < -0.4 is 0 Å². The van der Waals surface area contributed by atoms with E-state index in [2.05, 4.69) is 4.90 Å². The van der Waals surface area contributed by atoms with Crippen LogP contribution in [0, 0.1) is 5.82 Å². The van der Waals surface area contributed by atoms with Crippen molar-refractivity contribution in [3.8, 4) is 0 Å². The molecule has 22 heavy (non-hydrogen) atoms. The van der Waals surface area contributed by atoms with E-state index in [0.717, 1.165) is 38.0 Å². The first-order chi connectivity index (χ1) is 10.5. The highest BCUT2D eigenvalue weighted by Gasteiger charge is 2.25. The molecule has 0 amide bonds. The lowest BCUT2D eigenvalue weighted by Crippen LogP contribution is -2.46. The second-order valence-electron chi connectivity index (χ2n) is 5.71. The Labute approximate surface area is 135 Å². The lowest BCUT2D eigenvalue weighted by molar-refractivity contribution is -0.139. The second-order valence-corrected chi connectivity index (χ2v) is 6.12. The Kier molecular flexibility index (Phi) is 6.17. The Bertz CT molecular complexity index is 519. The van der Waals surface area contributed by atoms with Crippen molar-refractivity contribution in [3.05, 3.63) is 34.6 Å². The van der Waals surface area contributed by atoms with Gasteiger partial charge in [-0.05, 0) is 50.2 Å². The summed E-state index contributed by atoms with van der Waals surface area (Å²) in [7, 11) is 0. The Hall–Kier alpha value is -1.17. The van der Waals surface area contributed by atoms with Gasteiger partial charge in [-0.15, -0.1) is 0 Å². The number of hydrogen-bond donors (Lipinski definition) is 1. The molecule has 1 N–H and O–H groups in total. The fourth-order valence-electron chi connectivity index (χ4n) is 3.01. The van der Waals surface area contributed by atoms with E-state index in [1.165, 1.54) is 6.07 Å². The molecule has 0 radical (unpaired) electrons. The Balaban J connectivity index is 1.86. The summed E-state index contributed by atoms with van der Waals surface area (Å²) in [6.07, 6.45) is 1.88. The van der Waals surface area contributed by atoms with Crippen molar-refractivity contribution in [1.29, 1.82) is 0 Å². The van der Waals surface area contributed by atoms with Crippen molar-refractivity contribution in [1.82, 2.24) is 9.80 Å². The molecule has 1 aromatic carbocycles. The van der Waals surface area contributed by atoms with Crippen molar-refractivity contribution in [3.63, 3.8) is 0 Å². The lowest BCUT2D eigenvalue weighted by atomic mass is 10.0. The summed E-state index contributed by atoms with van der Waals surface area (Å²) in [4.78, 5) is 15.2. The van der Waals surface area contributed by atoms with E-state index in [0.29, 0.717) is 12.6 Å². The number of nitrogens with zero attached hydrogens (tertiary/aromatic N) is 2. The average Bonchev–Trinajstić information content (AvgIpc) is 2.49. The maximum Gasteiger partial charge on any atom is 0.317 e. The second kappa shape index (κ2) is 7.90. The number of halogens is 2. The molecular weight excluding hydrogens is 307 g/mol. The van der Waals surface area contributed by atoms with Crippen LogP contribution in [0.1, 0.15) is 25.3 Å². The SMILES string of the molecule is CCN(CC(=O)O)C1CCN(Cc2ccc(Cl)c(F)c2)CC1. The first-order valence-corrected chi connectivity index (χ1v) is 7.99. The molecule has 1 heterocycles. The first kappa shape index (κ1) is 17.2. The molecule has 0 unspecified atom stereocenters. The minimum Gasteiger partial charge on any atom is -0.480 e. The summed E-state index contributed by atoms with van der Waals surface area (Å²) >= 11 is 5.69. The molecule has 0 aromatic heterocycles. The molecule has 0 atom stereocenters. The molecule has 1 saturated heterocycles. The minimum atomic E-state index is -0.777. The molecule has 0 spiro atoms. The highest BCUT2D eigenvalue weighted by molar-refractivity contribution is 6.30. The number of piperidine rings is 1. The van der Waals surface area contributed by atoms with Gasteiger partial charge in [0, 0.05) is 12.6 Å². The third kappa shape index (κ3) is 4.66. The molecule has 1 aliphatic heterocycles. The van der Waals surface area contributed by atoms with Crippen LogP contribution in [-0.2, 0) is 11.3 Å². The number of aliphatic carboxylic acids is 1. The monoisotopic (exact) mass is 328 g/mol. The standard InChI is InChI=1S/C16H22ClFN2O2/c1-2-20(11-16(21)22)13-5-7-19(8-6-13)10-12-3-4-14(17)15(18)9-12/h3-4,9,13H,2,5-8,10-11H2,1H3,(H,21,22). The van der Waals surface area contributed by atoms with Crippen LogP contribution in [0.5, 0.6) is 0 Å². The van der Waals surface area contributed by atoms with Crippen LogP contribution in [0.2, 0.25) is 5.02 Å². The molecule has 0 aliphatic carbocycles. The summed E-state index contributed by atoms with van der Waals surface area (Å²) in [5, 5.41) is 9.09. The fourth-order valence-corrected chi connectivity index (χ4v) is 3.13. The molecule has 0 saturated carbocycles. The van der Waals surface area contributed by atoms with E-state index in [-0.39, 0.29) is 17.4 Å². The zero-order chi connectivity index (χ0) is 16.1. The molecular formula is C16H22ClFN2O2. The smallest absolute Gasteiger partial charge is 0.317 e.